The number of aliphatic imine (C=N–C) groups is 1. The highest BCUT2D eigenvalue weighted by molar-refractivity contribution is 14.0. The Morgan fingerprint density at radius 1 is 1.15 bits per heavy atom. The number of benzene rings is 2. The Balaban J connectivity index is 0.00000243. The summed E-state index contributed by atoms with van der Waals surface area (Å²) in [6.07, 6.45) is 1.61. The first kappa shape index (κ1) is 20.0. The fourth-order valence-electron chi connectivity index (χ4n) is 2.42. The van der Waals surface area contributed by atoms with E-state index in [0.29, 0.717) is 24.3 Å². The predicted molar refractivity (Wildman–Crippen MR) is 117 cm³/mol. The maximum absolute atomic E-state index is 5.98. The maximum Gasteiger partial charge on any atom is 0.226 e. The van der Waals surface area contributed by atoms with Crippen molar-refractivity contribution in [1.29, 1.82) is 0 Å². The van der Waals surface area contributed by atoms with Crippen molar-refractivity contribution in [2.24, 2.45) is 10.7 Å². The Bertz CT molecular complexity index is 859. The van der Waals surface area contributed by atoms with E-state index in [4.69, 9.17) is 10.2 Å². The van der Waals surface area contributed by atoms with E-state index in [0.717, 1.165) is 16.9 Å². The topological polar surface area (TPSA) is 76.4 Å². The van der Waals surface area contributed by atoms with Crippen LogP contribution in [0.3, 0.4) is 0 Å². The van der Waals surface area contributed by atoms with Crippen LogP contribution in [0.2, 0.25) is 0 Å². The smallest absolute Gasteiger partial charge is 0.226 e. The van der Waals surface area contributed by atoms with Crippen LogP contribution in [-0.2, 0) is 6.54 Å². The summed E-state index contributed by atoms with van der Waals surface area (Å²) in [6, 6.07) is 17.9. The van der Waals surface area contributed by atoms with Gasteiger partial charge in [0.1, 0.15) is 12.0 Å². The molecule has 26 heavy (non-hydrogen) atoms. The molecule has 0 atom stereocenters. The third-order valence-electron chi connectivity index (χ3n) is 3.81. The molecule has 6 heteroatoms. The van der Waals surface area contributed by atoms with Crippen LogP contribution >= 0.6 is 24.0 Å². The molecular formula is C20H23IN4O. The highest BCUT2D eigenvalue weighted by Gasteiger charge is 2.06. The number of nitrogens with two attached hydrogens (primary N) is 1. The van der Waals surface area contributed by atoms with Crippen molar-refractivity contribution in [1.82, 2.24) is 4.98 Å². The van der Waals surface area contributed by atoms with Crippen molar-refractivity contribution >= 4 is 35.6 Å². The fourth-order valence-corrected chi connectivity index (χ4v) is 2.42. The van der Waals surface area contributed by atoms with Gasteiger partial charge in [0.2, 0.25) is 5.89 Å². The lowest BCUT2D eigenvalue weighted by molar-refractivity contribution is 0.572. The average Bonchev–Trinajstić information content (AvgIpc) is 3.10. The maximum atomic E-state index is 5.98. The van der Waals surface area contributed by atoms with Crippen molar-refractivity contribution in [3.05, 3.63) is 72.1 Å². The van der Waals surface area contributed by atoms with Gasteiger partial charge in [0.25, 0.3) is 0 Å². The summed E-state index contributed by atoms with van der Waals surface area (Å²) in [4.78, 5) is 8.77. The molecule has 0 radical (unpaired) electrons. The lowest BCUT2D eigenvalue weighted by atomic mass is 10.0. The van der Waals surface area contributed by atoms with Crippen LogP contribution in [0.5, 0.6) is 0 Å². The normalized spacial score (nSPS) is 11.3. The molecule has 0 aliphatic carbocycles. The molecule has 0 aliphatic rings. The van der Waals surface area contributed by atoms with Crippen molar-refractivity contribution in [2.45, 2.75) is 26.3 Å². The minimum absolute atomic E-state index is 0. The number of guanidine groups is 1. The number of hydrogen-bond acceptors (Lipinski definition) is 3. The van der Waals surface area contributed by atoms with Gasteiger partial charge < -0.3 is 15.5 Å². The van der Waals surface area contributed by atoms with Crippen molar-refractivity contribution in [2.75, 3.05) is 5.32 Å². The monoisotopic (exact) mass is 462 g/mol. The molecule has 0 saturated carbocycles. The Labute approximate surface area is 170 Å². The number of oxazole rings is 1. The van der Waals surface area contributed by atoms with Crippen LogP contribution in [0, 0.1) is 0 Å². The molecule has 0 unspecified atom stereocenters. The molecule has 2 aromatic carbocycles. The largest absolute Gasteiger partial charge is 0.444 e. The van der Waals surface area contributed by atoms with Gasteiger partial charge in [-0.2, -0.15) is 0 Å². The first-order valence-electron chi connectivity index (χ1n) is 8.28. The van der Waals surface area contributed by atoms with E-state index in [1.165, 1.54) is 5.56 Å². The van der Waals surface area contributed by atoms with Gasteiger partial charge in [-0.3, -0.25) is 0 Å². The molecule has 0 aliphatic heterocycles. The summed E-state index contributed by atoms with van der Waals surface area (Å²) in [7, 11) is 0. The van der Waals surface area contributed by atoms with Gasteiger partial charge in [-0.15, -0.1) is 24.0 Å². The zero-order valence-electron chi connectivity index (χ0n) is 14.8. The van der Waals surface area contributed by atoms with Crippen molar-refractivity contribution in [3.63, 3.8) is 0 Å². The minimum atomic E-state index is 0. The van der Waals surface area contributed by atoms with E-state index in [2.05, 4.69) is 41.3 Å². The number of halogens is 1. The van der Waals surface area contributed by atoms with Gasteiger partial charge in [0.15, 0.2) is 5.96 Å². The summed E-state index contributed by atoms with van der Waals surface area (Å²) in [5.41, 5.74) is 9.83. The van der Waals surface area contributed by atoms with Crippen molar-refractivity contribution in [3.8, 4) is 11.5 Å². The third-order valence-corrected chi connectivity index (χ3v) is 3.81. The summed E-state index contributed by atoms with van der Waals surface area (Å²) in [5, 5.41) is 3.12. The van der Waals surface area contributed by atoms with Gasteiger partial charge >= 0.3 is 0 Å². The molecule has 0 spiro atoms. The van der Waals surface area contributed by atoms with Crippen molar-refractivity contribution < 1.29 is 4.42 Å². The first-order chi connectivity index (χ1) is 12.1. The molecule has 0 saturated heterocycles. The zero-order valence-corrected chi connectivity index (χ0v) is 17.2. The second-order valence-electron chi connectivity index (χ2n) is 6.12. The highest BCUT2D eigenvalue weighted by Crippen LogP contribution is 2.19. The van der Waals surface area contributed by atoms with Gasteiger partial charge in [-0.25, -0.2) is 9.98 Å². The number of anilines is 1. The SMILES string of the molecule is CC(C)c1cccc(NC(N)=NCc2coc(-c3ccccc3)n2)c1.I. The quantitative estimate of drug-likeness (QED) is 0.318. The van der Waals surface area contributed by atoms with Gasteiger partial charge in [0.05, 0.1) is 6.54 Å². The molecule has 0 fully saturated rings. The molecule has 1 aromatic heterocycles. The minimum Gasteiger partial charge on any atom is -0.444 e. The van der Waals surface area contributed by atoms with Crippen LogP contribution in [-0.4, -0.2) is 10.9 Å². The Morgan fingerprint density at radius 2 is 1.92 bits per heavy atom. The summed E-state index contributed by atoms with van der Waals surface area (Å²) in [6.45, 7) is 4.68. The average molecular weight is 462 g/mol. The molecule has 0 amide bonds. The highest BCUT2D eigenvalue weighted by atomic mass is 127. The number of nitrogens with one attached hydrogen (secondary N) is 1. The summed E-state index contributed by atoms with van der Waals surface area (Å²) in [5.74, 6) is 1.40. The number of aromatic nitrogens is 1. The van der Waals surface area contributed by atoms with Gasteiger partial charge in [0, 0.05) is 11.3 Å². The van der Waals surface area contributed by atoms with E-state index in [1.807, 2.05) is 42.5 Å². The number of rotatable bonds is 5. The molecular weight excluding hydrogens is 439 g/mol. The Hall–Kier alpha value is -2.35. The molecule has 136 valence electrons. The van der Waals surface area contributed by atoms with Crippen LogP contribution in [0.4, 0.5) is 5.69 Å². The van der Waals surface area contributed by atoms with E-state index in [1.54, 1.807) is 6.26 Å². The van der Waals surface area contributed by atoms with E-state index < -0.39 is 0 Å². The van der Waals surface area contributed by atoms with Gasteiger partial charge in [-0.1, -0.05) is 44.2 Å². The van der Waals surface area contributed by atoms with E-state index in [-0.39, 0.29) is 24.0 Å². The summed E-state index contributed by atoms with van der Waals surface area (Å²) < 4.78 is 5.50. The standard InChI is InChI=1S/C20H22N4O.HI/c1-14(2)16-9-6-10-17(11-16)24-20(21)22-12-18-13-25-19(23-18)15-7-4-3-5-8-15;/h3-11,13-14H,12H2,1-2H3,(H3,21,22,24);1H. The second-order valence-corrected chi connectivity index (χ2v) is 6.12. The molecule has 3 N–H and O–H groups in total. The molecule has 3 aromatic rings. The number of nitrogens with zero attached hydrogens (tertiary/aromatic N) is 2. The lowest BCUT2D eigenvalue weighted by Gasteiger charge is -2.09. The Kier molecular flexibility index (Phi) is 7.20. The number of hydrogen-bond donors (Lipinski definition) is 2. The van der Waals surface area contributed by atoms with Gasteiger partial charge in [-0.05, 0) is 35.7 Å². The van der Waals surface area contributed by atoms with E-state index in [9.17, 15) is 0 Å². The Morgan fingerprint density at radius 3 is 2.65 bits per heavy atom. The molecule has 3 rings (SSSR count). The van der Waals surface area contributed by atoms with E-state index >= 15 is 0 Å². The summed E-state index contributed by atoms with van der Waals surface area (Å²) >= 11 is 0. The van der Waals surface area contributed by atoms with Crippen LogP contribution < -0.4 is 11.1 Å². The van der Waals surface area contributed by atoms with Crippen LogP contribution in [0.1, 0.15) is 31.0 Å². The van der Waals surface area contributed by atoms with Crippen LogP contribution in [0.15, 0.2) is 70.3 Å². The molecule has 0 bridgehead atoms. The molecule has 1 heterocycles. The fraction of sp³-hybridized carbons (Fsp3) is 0.200. The van der Waals surface area contributed by atoms with Crippen LogP contribution in [0.25, 0.3) is 11.5 Å². The predicted octanol–water partition coefficient (Wildman–Crippen LogP) is 5.01. The first-order valence-corrected chi connectivity index (χ1v) is 8.28. The zero-order chi connectivity index (χ0) is 17.6. The second kappa shape index (κ2) is 9.38. The lowest BCUT2D eigenvalue weighted by Crippen LogP contribution is -2.22. The third kappa shape index (κ3) is 5.32. The molecule has 5 nitrogen and oxygen atoms in total.